The molecule has 0 aromatic heterocycles. The van der Waals surface area contributed by atoms with E-state index in [4.69, 9.17) is 0 Å². The Bertz CT molecular complexity index is 398. The molecule has 2 atom stereocenters. The van der Waals surface area contributed by atoms with Gasteiger partial charge in [-0.05, 0) is 48.3 Å². The molecule has 0 aliphatic heterocycles. The summed E-state index contributed by atoms with van der Waals surface area (Å²) in [4.78, 5) is 0. The van der Waals surface area contributed by atoms with Crippen molar-refractivity contribution in [2.75, 3.05) is 0 Å². The van der Waals surface area contributed by atoms with E-state index in [1.807, 2.05) is 0 Å². The topological polar surface area (TPSA) is 0 Å². The van der Waals surface area contributed by atoms with Crippen molar-refractivity contribution in [2.24, 2.45) is 35.5 Å². The summed E-state index contributed by atoms with van der Waals surface area (Å²) in [5.41, 5.74) is 0. The molecule has 0 fully saturated rings. The Kier molecular flexibility index (Phi) is 28.8. The molecule has 192 valence electrons. The Morgan fingerprint density at radius 2 is 0.710 bits per heavy atom. The van der Waals surface area contributed by atoms with Crippen LogP contribution in [0, 0.1) is 35.5 Å². The zero-order chi connectivity index (χ0) is 22.7. The van der Waals surface area contributed by atoms with E-state index in [1.54, 1.807) is 0 Å². The second-order valence-electron chi connectivity index (χ2n) is 10.7. The van der Waals surface area contributed by atoms with Gasteiger partial charge in [-0.2, -0.15) is 0 Å². The van der Waals surface area contributed by atoms with Crippen LogP contribution in [0.15, 0.2) is 24.3 Å². The van der Waals surface area contributed by atoms with E-state index in [9.17, 15) is 0 Å². The van der Waals surface area contributed by atoms with Crippen LogP contribution < -0.4 is 24.8 Å². The van der Waals surface area contributed by atoms with Crippen LogP contribution in [0.5, 0.6) is 0 Å². The van der Waals surface area contributed by atoms with Crippen molar-refractivity contribution in [3.63, 3.8) is 0 Å². The van der Waals surface area contributed by atoms with Gasteiger partial charge in [0, 0.05) is 10.3 Å². The molecule has 0 aromatic rings. The van der Waals surface area contributed by atoms with Crippen LogP contribution in [0.4, 0.5) is 0 Å². The van der Waals surface area contributed by atoms with Gasteiger partial charge >= 0.3 is 20.4 Å². The Labute approximate surface area is 228 Å². The van der Waals surface area contributed by atoms with Crippen LogP contribution in [0.2, 0.25) is 0 Å². The molecule has 2 unspecified atom stereocenters. The van der Waals surface area contributed by atoms with E-state index in [0.717, 1.165) is 11.8 Å². The molecule has 0 spiro atoms. The zero-order valence-electron chi connectivity index (χ0n) is 22.4. The van der Waals surface area contributed by atoms with E-state index in [-0.39, 0.29) is 55.5 Å². The van der Waals surface area contributed by atoms with E-state index >= 15 is 0 Å². The average molecular weight is 606 g/mol. The molecule has 0 radical (unpaired) electrons. The number of hydrogen-bond donors (Lipinski definition) is 0. The van der Waals surface area contributed by atoms with Gasteiger partial charge in [0.25, 0.3) is 0 Å². The predicted molar refractivity (Wildman–Crippen MR) is 141 cm³/mol. The summed E-state index contributed by atoms with van der Waals surface area (Å²) in [6.45, 7) is 27.4. The van der Waals surface area contributed by atoms with Gasteiger partial charge in [0.2, 0.25) is 0 Å². The molecule has 0 aliphatic rings. The molecule has 0 heterocycles. The summed E-state index contributed by atoms with van der Waals surface area (Å²) in [5.74, 6) is 4.23. The van der Waals surface area contributed by atoms with Crippen LogP contribution in [0.3, 0.4) is 0 Å². The van der Waals surface area contributed by atoms with Crippen molar-refractivity contribution >= 4 is 18.5 Å². The number of allylic oxidation sites excluding steroid dienone is 4. The maximum atomic E-state index is 3.04. The molecule has 0 bridgehead atoms. The summed E-state index contributed by atoms with van der Waals surface area (Å²) in [7, 11) is 6.08. The van der Waals surface area contributed by atoms with Crippen molar-refractivity contribution in [2.45, 2.75) is 106 Å². The van der Waals surface area contributed by atoms with Crippen LogP contribution >= 0.6 is 18.5 Å². The van der Waals surface area contributed by atoms with E-state index < -0.39 is 0 Å². The molecule has 0 N–H and O–H groups in total. The summed E-state index contributed by atoms with van der Waals surface area (Å²) in [6, 6.07) is 0. The molecule has 0 saturated heterocycles. The Morgan fingerprint density at radius 1 is 0.516 bits per heavy atom. The van der Waals surface area contributed by atoms with Crippen molar-refractivity contribution in [3.8, 4) is 0 Å². The molecule has 0 aliphatic carbocycles. The molecule has 0 amide bonds. The standard InChI is InChI=1S/2C13H27P.2ClH.Pd/c2*1-10(2)8-7-9-13(14,11(3)4)12(5)6;;;/h2*7,9-12H,8,14H2,1-6H3;2*1H;/q;;;;+2/p-2. The van der Waals surface area contributed by atoms with E-state index in [0.29, 0.717) is 23.7 Å². The minimum atomic E-state index is 0. The van der Waals surface area contributed by atoms with Gasteiger partial charge in [-0.25, -0.2) is 0 Å². The van der Waals surface area contributed by atoms with Crippen molar-refractivity contribution < 1.29 is 45.2 Å². The van der Waals surface area contributed by atoms with Gasteiger partial charge in [0.1, 0.15) is 0 Å². The second kappa shape index (κ2) is 20.9. The van der Waals surface area contributed by atoms with Crippen molar-refractivity contribution in [1.82, 2.24) is 0 Å². The van der Waals surface area contributed by atoms with Crippen molar-refractivity contribution in [1.29, 1.82) is 0 Å². The largest absolute Gasteiger partial charge is 2.00 e. The molecule has 0 rings (SSSR count). The first-order chi connectivity index (χ1) is 12.6. The Balaban J connectivity index is -0.000000133. The minimum absolute atomic E-state index is 0. The van der Waals surface area contributed by atoms with Crippen molar-refractivity contribution in [3.05, 3.63) is 24.3 Å². The van der Waals surface area contributed by atoms with Crippen LogP contribution in [0.25, 0.3) is 0 Å². The number of hydrogen-bond acceptors (Lipinski definition) is 0. The molecule has 5 heteroatoms. The fourth-order valence-corrected chi connectivity index (χ4v) is 3.46. The van der Waals surface area contributed by atoms with E-state index in [2.05, 4.69) is 126 Å². The van der Waals surface area contributed by atoms with E-state index in [1.165, 1.54) is 12.8 Å². The molecule has 0 saturated carbocycles. The Morgan fingerprint density at radius 3 is 0.839 bits per heavy atom. The monoisotopic (exact) mass is 604 g/mol. The fraction of sp³-hybridized carbons (Fsp3) is 0.846. The number of halogens is 2. The third-order valence-electron chi connectivity index (χ3n) is 6.03. The number of rotatable bonds is 10. The van der Waals surface area contributed by atoms with Crippen LogP contribution in [-0.2, 0) is 20.4 Å². The quantitative estimate of drug-likeness (QED) is 0.204. The summed E-state index contributed by atoms with van der Waals surface area (Å²) >= 11 is 0. The molecular weight excluding hydrogens is 552 g/mol. The molecule has 31 heavy (non-hydrogen) atoms. The van der Waals surface area contributed by atoms with Crippen LogP contribution in [-0.4, -0.2) is 10.3 Å². The zero-order valence-corrected chi connectivity index (χ0v) is 27.8. The van der Waals surface area contributed by atoms with Gasteiger partial charge in [0.15, 0.2) is 0 Å². The third kappa shape index (κ3) is 17.6. The maximum absolute atomic E-state index is 3.04. The third-order valence-corrected chi connectivity index (χ3v) is 9.08. The summed E-state index contributed by atoms with van der Waals surface area (Å²) in [6.07, 6.45) is 11.9. The van der Waals surface area contributed by atoms with Crippen LogP contribution in [0.1, 0.15) is 95.9 Å². The fourth-order valence-electron chi connectivity index (χ4n) is 3.19. The first-order valence-electron chi connectivity index (χ1n) is 11.5. The van der Waals surface area contributed by atoms with Gasteiger partial charge in [0.05, 0.1) is 0 Å². The average Bonchev–Trinajstić information content (AvgIpc) is 2.53. The summed E-state index contributed by atoms with van der Waals surface area (Å²) < 4.78 is 0. The van der Waals surface area contributed by atoms with Gasteiger partial charge < -0.3 is 24.8 Å². The first kappa shape index (κ1) is 42.7. The van der Waals surface area contributed by atoms with Gasteiger partial charge in [-0.3, -0.25) is 0 Å². The normalized spacial score (nSPS) is 12.5. The van der Waals surface area contributed by atoms with Gasteiger partial charge in [-0.1, -0.05) is 107 Å². The Hall–Kier alpha value is 1.58. The molecular formula is C26H54Cl2P2Pd. The van der Waals surface area contributed by atoms with Gasteiger partial charge in [-0.15, -0.1) is 18.5 Å². The molecule has 0 aromatic carbocycles. The first-order valence-corrected chi connectivity index (χ1v) is 12.7. The molecule has 0 nitrogen and oxygen atoms in total. The second-order valence-corrected chi connectivity index (χ2v) is 12.7. The summed E-state index contributed by atoms with van der Waals surface area (Å²) in [5, 5.41) is 0.545. The smallest absolute Gasteiger partial charge is 1.00 e. The minimum Gasteiger partial charge on any atom is -1.00 e. The maximum Gasteiger partial charge on any atom is 2.00 e. The predicted octanol–water partition coefficient (Wildman–Crippen LogP) is 3.03. The SMILES string of the molecule is CC(C)CC=CC(P)(C(C)C)C(C)C.CC(C)CC=CC(P)(C(C)C)C(C)C.[Cl-].[Cl-].[Pd+2].